The van der Waals surface area contributed by atoms with Gasteiger partial charge in [0, 0.05) is 24.1 Å². The summed E-state index contributed by atoms with van der Waals surface area (Å²) in [6.45, 7) is 2.74. The molecule has 0 spiro atoms. The molecule has 1 aliphatic carbocycles. The van der Waals surface area contributed by atoms with Crippen LogP contribution in [0.25, 0.3) is 0 Å². The molecular weight excluding hydrogens is 288 g/mol. The summed E-state index contributed by atoms with van der Waals surface area (Å²) in [5, 5.41) is 14.1. The summed E-state index contributed by atoms with van der Waals surface area (Å²) >= 11 is 0. The largest absolute Gasteiger partial charge is 0.619 e. The molecule has 2 aromatic rings. The van der Waals surface area contributed by atoms with Gasteiger partial charge in [0.15, 0.2) is 12.4 Å². The molecule has 4 nitrogen and oxygen atoms in total. The molecule has 1 N–H and O–H groups in total. The van der Waals surface area contributed by atoms with E-state index in [4.69, 9.17) is 0 Å². The molecule has 1 saturated carbocycles. The molecule has 1 aromatic heterocycles. The third-order valence-corrected chi connectivity index (χ3v) is 4.84. The Bertz CT molecular complexity index is 689. The van der Waals surface area contributed by atoms with Gasteiger partial charge in [0.1, 0.15) is 0 Å². The lowest BCUT2D eigenvalue weighted by molar-refractivity contribution is -0.605. The summed E-state index contributed by atoms with van der Waals surface area (Å²) < 4.78 is 0.683. The monoisotopic (exact) mass is 310 g/mol. The van der Waals surface area contributed by atoms with Crippen LogP contribution in [0.3, 0.4) is 0 Å². The van der Waals surface area contributed by atoms with E-state index < -0.39 is 0 Å². The summed E-state index contributed by atoms with van der Waals surface area (Å²) in [6.07, 6.45) is 7.30. The smallest absolute Gasteiger partial charge is 0.251 e. The van der Waals surface area contributed by atoms with Crippen molar-refractivity contribution < 1.29 is 9.52 Å². The standard InChI is InChI=1S/C19H22N2O2/c1-15-5-4-6-17(13-15)19(9-2-3-10-19)14-20-18(22)16-7-11-21(23)12-8-16/h4-8,11-13H,2-3,9-10,14H2,1H3,(H,20,22). The summed E-state index contributed by atoms with van der Waals surface area (Å²) in [6, 6.07) is 11.7. The van der Waals surface area contributed by atoms with Gasteiger partial charge in [-0.05, 0) is 25.3 Å². The normalized spacial score (nSPS) is 16.2. The van der Waals surface area contributed by atoms with Gasteiger partial charge in [-0.2, -0.15) is 4.73 Å². The van der Waals surface area contributed by atoms with E-state index in [-0.39, 0.29) is 11.3 Å². The highest BCUT2D eigenvalue weighted by molar-refractivity contribution is 5.93. The molecule has 0 aliphatic heterocycles. The molecule has 0 radical (unpaired) electrons. The fourth-order valence-electron chi connectivity index (χ4n) is 3.51. The van der Waals surface area contributed by atoms with Crippen molar-refractivity contribution in [3.63, 3.8) is 0 Å². The Balaban J connectivity index is 1.75. The number of nitrogens with zero attached hydrogens (tertiary/aromatic N) is 1. The predicted octanol–water partition coefficient (Wildman–Crippen LogP) is 2.87. The van der Waals surface area contributed by atoms with Crippen molar-refractivity contribution in [1.82, 2.24) is 5.32 Å². The maximum atomic E-state index is 12.3. The summed E-state index contributed by atoms with van der Waals surface area (Å²) in [5.41, 5.74) is 3.13. The lowest BCUT2D eigenvalue weighted by Crippen LogP contribution is -2.39. The molecule has 1 fully saturated rings. The Morgan fingerprint density at radius 3 is 2.57 bits per heavy atom. The first-order valence-electron chi connectivity index (χ1n) is 8.13. The zero-order chi connectivity index (χ0) is 16.3. The van der Waals surface area contributed by atoms with E-state index in [9.17, 15) is 10.0 Å². The molecular formula is C19H22N2O2. The van der Waals surface area contributed by atoms with Crippen molar-refractivity contribution in [2.24, 2.45) is 0 Å². The van der Waals surface area contributed by atoms with Gasteiger partial charge >= 0.3 is 0 Å². The minimum absolute atomic E-state index is 0.0366. The third kappa shape index (κ3) is 3.36. The molecule has 23 heavy (non-hydrogen) atoms. The number of amides is 1. The van der Waals surface area contributed by atoms with Gasteiger partial charge in [-0.1, -0.05) is 42.7 Å². The molecule has 3 rings (SSSR count). The van der Waals surface area contributed by atoms with Crippen LogP contribution in [0, 0.1) is 12.1 Å². The third-order valence-electron chi connectivity index (χ3n) is 4.84. The maximum absolute atomic E-state index is 12.3. The predicted molar refractivity (Wildman–Crippen MR) is 89.1 cm³/mol. The van der Waals surface area contributed by atoms with Crippen molar-refractivity contribution in [1.29, 1.82) is 0 Å². The van der Waals surface area contributed by atoms with E-state index in [1.807, 2.05) is 0 Å². The summed E-state index contributed by atoms with van der Waals surface area (Å²) in [4.78, 5) is 12.3. The van der Waals surface area contributed by atoms with Crippen LogP contribution in [0.2, 0.25) is 0 Å². The minimum atomic E-state index is -0.121. The molecule has 1 amide bonds. The van der Waals surface area contributed by atoms with Crippen LogP contribution in [-0.4, -0.2) is 12.5 Å². The topological polar surface area (TPSA) is 56.0 Å². The van der Waals surface area contributed by atoms with E-state index in [1.54, 1.807) is 12.1 Å². The van der Waals surface area contributed by atoms with Crippen LogP contribution in [-0.2, 0) is 5.41 Å². The van der Waals surface area contributed by atoms with Gasteiger partial charge in [-0.3, -0.25) is 4.79 Å². The zero-order valence-electron chi connectivity index (χ0n) is 13.4. The van der Waals surface area contributed by atoms with Crippen LogP contribution in [0.15, 0.2) is 48.8 Å². The number of hydrogen-bond donors (Lipinski definition) is 1. The number of carbonyl (C=O) groups is 1. The zero-order valence-corrected chi connectivity index (χ0v) is 13.4. The Hall–Kier alpha value is -2.36. The van der Waals surface area contributed by atoms with E-state index in [1.165, 1.54) is 36.4 Å². The van der Waals surface area contributed by atoms with Gasteiger partial charge < -0.3 is 10.5 Å². The first kappa shape index (κ1) is 15.5. The van der Waals surface area contributed by atoms with E-state index >= 15 is 0 Å². The Kier molecular flexibility index (Phi) is 4.33. The van der Waals surface area contributed by atoms with E-state index in [2.05, 4.69) is 36.5 Å². The fourth-order valence-corrected chi connectivity index (χ4v) is 3.51. The number of aryl methyl sites for hydroxylation is 1. The van der Waals surface area contributed by atoms with Crippen LogP contribution in [0.5, 0.6) is 0 Å². The second-order valence-corrected chi connectivity index (χ2v) is 6.49. The van der Waals surface area contributed by atoms with Gasteiger partial charge in [-0.15, -0.1) is 0 Å². The highest BCUT2D eigenvalue weighted by atomic mass is 16.5. The number of pyridine rings is 1. The van der Waals surface area contributed by atoms with Crippen molar-refractivity contribution in [3.05, 3.63) is 70.7 Å². The molecule has 1 aliphatic rings. The Labute approximate surface area is 136 Å². The molecule has 0 bridgehead atoms. The van der Waals surface area contributed by atoms with Crippen molar-refractivity contribution in [3.8, 4) is 0 Å². The van der Waals surface area contributed by atoms with Crippen LogP contribution >= 0.6 is 0 Å². The molecule has 0 saturated heterocycles. The van der Waals surface area contributed by atoms with Crippen LogP contribution < -0.4 is 10.0 Å². The average Bonchev–Trinajstić information content (AvgIpc) is 3.03. The Morgan fingerprint density at radius 2 is 1.91 bits per heavy atom. The molecule has 4 heteroatoms. The summed E-state index contributed by atoms with van der Waals surface area (Å²) in [7, 11) is 0. The molecule has 0 atom stereocenters. The quantitative estimate of drug-likeness (QED) is 0.697. The van der Waals surface area contributed by atoms with E-state index in [0.717, 1.165) is 12.8 Å². The van der Waals surface area contributed by atoms with Crippen molar-refractivity contribution >= 4 is 5.91 Å². The lowest BCUT2D eigenvalue weighted by Gasteiger charge is -2.30. The first-order valence-corrected chi connectivity index (χ1v) is 8.13. The second-order valence-electron chi connectivity index (χ2n) is 6.49. The van der Waals surface area contributed by atoms with Crippen LogP contribution in [0.4, 0.5) is 0 Å². The Morgan fingerprint density at radius 1 is 1.22 bits per heavy atom. The average molecular weight is 310 g/mol. The number of benzene rings is 1. The molecule has 0 unspecified atom stereocenters. The number of nitrogens with one attached hydrogen (secondary N) is 1. The SMILES string of the molecule is Cc1cccc(C2(CNC(=O)c3cc[n+]([O-])cc3)CCCC2)c1. The maximum Gasteiger partial charge on any atom is 0.251 e. The van der Waals surface area contributed by atoms with Gasteiger partial charge in [0.25, 0.3) is 5.91 Å². The summed E-state index contributed by atoms with van der Waals surface area (Å²) in [5.74, 6) is -0.121. The van der Waals surface area contributed by atoms with Gasteiger partial charge in [0.05, 0.1) is 5.56 Å². The minimum Gasteiger partial charge on any atom is -0.619 e. The fraction of sp³-hybridized carbons (Fsp3) is 0.368. The second kappa shape index (κ2) is 6.41. The molecule has 1 heterocycles. The highest BCUT2D eigenvalue weighted by Crippen LogP contribution is 2.40. The highest BCUT2D eigenvalue weighted by Gasteiger charge is 2.36. The number of carbonyl (C=O) groups excluding carboxylic acids is 1. The number of aromatic nitrogens is 1. The van der Waals surface area contributed by atoms with Crippen LogP contribution in [0.1, 0.15) is 47.2 Å². The molecule has 120 valence electrons. The van der Waals surface area contributed by atoms with Crippen molar-refractivity contribution in [2.45, 2.75) is 38.0 Å². The number of hydrogen-bond acceptors (Lipinski definition) is 2. The van der Waals surface area contributed by atoms with Gasteiger partial charge in [-0.25, -0.2) is 0 Å². The van der Waals surface area contributed by atoms with Crippen molar-refractivity contribution in [2.75, 3.05) is 6.54 Å². The molecule has 1 aromatic carbocycles. The number of rotatable bonds is 4. The van der Waals surface area contributed by atoms with Gasteiger partial charge in [0.2, 0.25) is 0 Å². The first-order chi connectivity index (χ1) is 11.1. The lowest BCUT2D eigenvalue weighted by atomic mass is 9.78. The van der Waals surface area contributed by atoms with E-state index in [0.29, 0.717) is 16.8 Å².